The first-order valence-electron chi connectivity index (χ1n) is 6.65. The molecular formula is C14H18ClN3O. The average Bonchev–Trinajstić information content (AvgIpc) is 2.75. The van der Waals surface area contributed by atoms with Crippen LogP contribution in [0.5, 0.6) is 0 Å². The first kappa shape index (κ1) is 12.9. The Morgan fingerprint density at radius 2 is 2.26 bits per heavy atom. The van der Waals surface area contributed by atoms with Gasteiger partial charge in [0.15, 0.2) is 0 Å². The highest BCUT2D eigenvalue weighted by Crippen LogP contribution is 2.19. The van der Waals surface area contributed by atoms with Gasteiger partial charge in [0.25, 0.3) is 0 Å². The highest BCUT2D eigenvalue weighted by atomic mass is 35.5. The van der Waals surface area contributed by atoms with Crippen molar-refractivity contribution in [3.8, 4) is 0 Å². The van der Waals surface area contributed by atoms with E-state index in [2.05, 4.69) is 16.8 Å². The molecule has 3 heterocycles. The monoisotopic (exact) mass is 279 g/mol. The van der Waals surface area contributed by atoms with Crippen molar-refractivity contribution in [3.63, 3.8) is 0 Å². The van der Waals surface area contributed by atoms with Crippen molar-refractivity contribution < 1.29 is 5.11 Å². The van der Waals surface area contributed by atoms with Crippen molar-refractivity contribution in [2.75, 3.05) is 13.1 Å². The van der Waals surface area contributed by atoms with Crippen molar-refractivity contribution >= 4 is 17.2 Å². The Kier molecular flexibility index (Phi) is 3.48. The molecule has 0 saturated carbocycles. The van der Waals surface area contributed by atoms with E-state index in [0.29, 0.717) is 10.9 Å². The predicted octanol–water partition coefficient (Wildman–Crippen LogP) is 2.19. The molecule has 0 aromatic carbocycles. The largest absolute Gasteiger partial charge is 0.393 e. The first-order valence-corrected chi connectivity index (χ1v) is 7.03. The van der Waals surface area contributed by atoms with E-state index in [0.717, 1.165) is 37.4 Å². The lowest BCUT2D eigenvalue weighted by Gasteiger charge is -2.33. The fourth-order valence-electron chi connectivity index (χ4n) is 2.69. The molecule has 2 aromatic rings. The molecule has 0 radical (unpaired) electrons. The molecule has 1 aliphatic rings. The number of hydrogen-bond acceptors (Lipinski definition) is 3. The summed E-state index contributed by atoms with van der Waals surface area (Å²) >= 11 is 5.97. The topological polar surface area (TPSA) is 40.8 Å². The molecule has 1 N–H and O–H groups in total. The Bertz CT molecular complexity index is 583. The lowest BCUT2D eigenvalue weighted by atomic mass is 9.97. The number of nitrogens with zero attached hydrogens (tertiary/aromatic N) is 3. The Morgan fingerprint density at radius 1 is 1.42 bits per heavy atom. The maximum absolute atomic E-state index is 9.75. The summed E-state index contributed by atoms with van der Waals surface area (Å²) in [6.45, 7) is 4.78. The van der Waals surface area contributed by atoms with Gasteiger partial charge in [-0.3, -0.25) is 4.90 Å². The van der Waals surface area contributed by atoms with E-state index in [4.69, 9.17) is 11.6 Å². The predicted molar refractivity (Wildman–Crippen MR) is 75.3 cm³/mol. The van der Waals surface area contributed by atoms with Crippen LogP contribution < -0.4 is 0 Å². The zero-order valence-electron chi connectivity index (χ0n) is 11.0. The van der Waals surface area contributed by atoms with Gasteiger partial charge in [-0.15, -0.1) is 0 Å². The normalized spacial score (nSPS) is 25.0. The molecule has 0 amide bonds. The van der Waals surface area contributed by atoms with E-state index in [1.807, 2.05) is 28.9 Å². The number of aromatic nitrogens is 2. The van der Waals surface area contributed by atoms with Gasteiger partial charge >= 0.3 is 0 Å². The molecule has 4 nitrogen and oxygen atoms in total. The Balaban J connectivity index is 1.74. The summed E-state index contributed by atoms with van der Waals surface area (Å²) < 4.78 is 1.96. The maximum atomic E-state index is 9.75. The fourth-order valence-corrected chi connectivity index (χ4v) is 2.85. The zero-order chi connectivity index (χ0) is 13.4. The van der Waals surface area contributed by atoms with Crippen LogP contribution in [-0.2, 0) is 6.54 Å². The number of hydrogen-bond donors (Lipinski definition) is 1. The number of aliphatic hydroxyl groups is 1. The molecule has 0 bridgehead atoms. The molecule has 3 rings (SSSR count). The minimum absolute atomic E-state index is 0.156. The number of aliphatic hydroxyl groups excluding tert-OH is 1. The van der Waals surface area contributed by atoms with Crippen LogP contribution in [0.15, 0.2) is 24.5 Å². The lowest BCUT2D eigenvalue weighted by Crippen LogP contribution is -2.41. The number of imidazole rings is 1. The highest BCUT2D eigenvalue weighted by molar-refractivity contribution is 6.30. The molecule has 1 fully saturated rings. The summed E-state index contributed by atoms with van der Waals surface area (Å²) in [5.41, 5.74) is 1.97. The van der Waals surface area contributed by atoms with Crippen molar-refractivity contribution in [1.29, 1.82) is 0 Å². The summed E-state index contributed by atoms with van der Waals surface area (Å²) in [7, 11) is 0. The Hall–Kier alpha value is -1.10. The average molecular weight is 280 g/mol. The fraction of sp³-hybridized carbons (Fsp3) is 0.500. The van der Waals surface area contributed by atoms with Gasteiger partial charge < -0.3 is 9.51 Å². The molecule has 2 aromatic heterocycles. The van der Waals surface area contributed by atoms with Crippen LogP contribution in [0.4, 0.5) is 0 Å². The van der Waals surface area contributed by atoms with Gasteiger partial charge in [0.1, 0.15) is 5.65 Å². The number of piperidine rings is 1. The highest BCUT2D eigenvalue weighted by Gasteiger charge is 2.24. The van der Waals surface area contributed by atoms with E-state index >= 15 is 0 Å². The standard InChI is InChI=1S/C14H18ClN3O/c1-10-6-17(5-4-13(10)19)8-12-9-18-7-11(15)2-3-14(18)16-12/h2-3,7,9-10,13,19H,4-6,8H2,1H3. The molecule has 2 unspecified atom stereocenters. The molecule has 1 aliphatic heterocycles. The minimum Gasteiger partial charge on any atom is -0.393 e. The van der Waals surface area contributed by atoms with Gasteiger partial charge in [-0.25, -0.2) is 4.98 Å². The molecule has 5 heteroatoms. The van der Waals surface area contributed by atoms with Gasteiger partial charge in [0.05, 0.1) is 16.8 Å². The number of halogens is 1. The van der Waals surface area contributed by atoms with Crippen LogP contribution in [0.3, 0.4) is 0 Å². The van der Waals surface area contributed by atoms with E-state index in [-0.39, 0.29) is 6.10 Å². The second-order valence-electron chi connectivity index (χ2n) is 5.41. The smallest absolute Gasteiger partial charge is 0.137 e. The third-order valence-corrected chi connectivity index (χ3v) is 4.02. The summed E-state index contributed by atoms with van der Waals surface area (Å²) in [4.78, 5) is 6.94. The molecular weight excluding hydrogens is 262 g/mol. The zero-order valence-corrected chi connectivity index (χ0v) is 11.7. The molecule has 2 atom stereocenters. The first-order chi connectivity index (χ1) is 9.11. The van der Waals surface area contributed by atoms with Gasteiger partial charge in [0, 0.05) is 32.0 Å². The van der Waals surface area contributed by atoms with Gasteiger partial charge in [-0.2, -0.15) is 0 Å². The van der Waals surface area contributed by atoms with Crippen LogP contribution >= 0.6 is 11.6 Å². The second-order valence-corrected chi connectivity index (χ2v) is 5.85. The van der Waals surface area contributed by atoms with Crippen molar-refractivity contribution in [1.82, 2.24) is 14.3 Å². The molecule has 19 heavy (non-hydrogen) atoms. The minimum atomic E-state index is -0.156. The number of fused-ring (bicyclic) bond motifs is 1. The van der Waals surface area contributed by atoms with Crippen LogP contribution in [-0.4, -0.2) is 38.6 Å². The van der Waals surface area contributed by atoms with Crippen molar-refractivity contribution in [2.24, 2.45) is 5.92 Å². The number of likely N-dealkylation sites (tertiary alicyclic amines) is 1. The second kappa shape index (κ2) is 5.12. The van der Waals surface area contributed by atoms with E-state index in [1.165, 1.54) is 0 Å². The lowest BCUT2D eigenvalue weighted by molar-refractivity contribution is 0.0316. The van der Waals surface area contributed by atoms with E-state index in [1.54, 1.807) is 0 Å². The third-order valence-electron chi connectivity index (χ3n) is 3.79. The van der Waals surface area contributed by atoms with E-state index < -0.39 is 0 Å². The summed E-state index contributed by atoms with van der Waals surface area (Å²) in [6, 6.07) is 3.78. The third kappa shape index (κ3) is 2.76. The van der Waals surface area contributed by atoms with Crippen molar-refractivity contribution in [2.45, 2.75) is 26.0 Å². The summed E-state index contributed by atoms with van der Waals surface area (Å²) in [5, 5.41) is 10.5. The Morgan fingerprint density at radius 3 is 3.05 bits per heavy atom. The molecule has 102 valence electrons. The van der Waals surface area contributed by atoms with Crippen LogP contribution in [0.1, 0.15) is 19.0 Å². The van der Waals surface area contributed by atoms with Gasteiger partial charge in [0.2, 0.25) is 0 Å². The van der Waals surface area contributed by atoms with E-state index in [9.17, 15) is 5.11 Å². The molecule has 0 spiro atoms. The summed E-state index contributed by atoms with van der Waals surface area (Å²) in [5.74, 6) is 0.334. The molecule has 1 saturated heterocycles. The van der Waals surface area contributed by atoms with Crippen molar-refractivity contribution in [3.05, 3.63) is 35.2 Å². The summed E-state index contributed by atoms with van der Waals surface area (Å²) in [6.07, 6.45) is 4.59. The SMILES string of the molecule is CC1CN(Cc2cn3cc(Cl)ccc3n2)CCC1O. The maximum Gasteiger partial charge on any atom is 0.137 e. The van der Waals surface area contributed by atoms with Crippen LogP contribution in [0.2, 0.25) is 5.02 Å². The number of pyridine rings is 1. The molecule has 0 aliphatic carbocycles. The van der Waals surface area contributed by atoms with Gasteiger partial charge in [-0.05, 0) is 24.5 Å². The number of rotatable bonds is 2. The van der Waals surface area contributed by atoms with Gasteiger partial charge in [-0.1, -0.05) is 18.5 Å². The van der Waals surface area contributed by atoms with Crippen LogP contribution in [0, 0.1) is 5.92 Å². The Labute approximate surface area is 117 Å². The quantitative estimate of drug-likeness (QED) is 0.916. The van der Waals surface area contributed by atoms with Crippen LogP contribution in [0.25, 0.3) is 5.65 Å².